The van der Waals surface area contributed by atoms with Crippen LogP contribution in [0.5, 0.6) is 0 Å². The van der Waals surface area contributed by atoms with Gasteiger partial charge in [0.1, 0.15) is 11.5 Å². The molecule has 0 radical (unpaired) electrons. The molecule has 2 amide bonds. The van der Waals surface area contributed by atoms with Gasteiger partial charge in [0.2, 0.25) is 0 Å². The van der Waals surface area contributed by atoms with Gasteiger partial charge in [-0.1, -0.05) is 28.9 Å². The lowest BCUT2D eigenvalue weighted by Crippen LogP contribution is -2.31. The molecule has 2 rings (SSSR count). The van der Waals surface area contributed by atoms with Gasteiger partial charge >= 0.3 is 6.09 Å². The Morgan fingerprint density at radius 1 is 1.24 bits per heavy atom. The fraction of sp³-hybridized carbons (Fsp3) is 0.353. The van der Waals surface area contributed by atoms with E-state index < -0.39 is 6.09 Å². The Morgan fingerprint density at radius 3 is 2.72 bits per heavy atom. The first-order valence-electron chi connectivity index (χ1n) is 7.91. The standard InChI is InChI=1S/C17H20ClN3O4/c1-19-16(22)11-24-17(23)20-9-3-2-4-14-10-15(21-25-14)12-5-7-13(18)8-6-12/h5-8,10H,2-4,9,11H2,1H3,(H,19,22)(H,20,23). The first-order valence-corrected chi connectivity index (χ1v) is 8.29. The molecule has 25 heavy (non-hydrogen) atoms. The van der Waals surface area contributed by atoms with Gasteiger partial charge in [0.05, 0.1) is 0 Å². The Bertz CT molecular complexity index is 700. The van der Waals surface area contributed by atoms with Crippen molar-refractivity contribution in [3.05, 3.63) is 41.1 Å². The number of amides is 2. The number of halogens is 1. The molecule has 0 aliphatic carbocycles. The number of hydrogen-bond acceptors (Lipinski definition) is 5. The molecule has 0 aliphatic rings. The van der Waals surface area contributed by atoms with Gasteiger partial charge in [-0.25, -0.2) is 4.79 Å². The highest BCUT2D eigenvalue weighted by Gasteiger charge is 2.07. The third kappa shape index (κ3) is 6.46. The van der Waals surface area contributed by atoms with Crippen LogP contribution in [0.25, 0.3) is 11.3 Å². The van der Waals surface area contributed by atoms with E-state index in [4.69, 9.17) is 20.9 Å². The van der Waals surface area contributed by atoms with Gasteiger partial charge in [0, 0.05) is 36.7 Å². The molecule has 134 valence electrons. The van der Waals surface area contributed by atoms with E-state index in [-0.39, 0.29) is 12.5 Å². The molecule has 1 aromatic heterocycles. The van der Waals surface area contributed by atoms with Gasteiger partial charge in [0.15, 0.2) is 6.61 Å². The minimum Gasteiger partial charge on any atom is -0.439 e. The van der Waals surface area contributed by atoms with Crippen LogP contribution in [0.2, 0.25) is 5.02 Å². The van der Waals surface area contributed by atoms with Crippen LogP contribution in [0.3, 0.4) is 0 Å². The number of unbranched alkanes of at least 4 members (excludes halogenated alkanes) is 1. The van der Waals surface area contributed by atoms with Gasteiger partial charge in [0.25, 0.3) is 5.91 Å². The molecule has 0 unspecified atom stereocenters. The summed E-state index contributed by atoms with van der Waals surface area (Å²) in [5, 5.41) is 9.67. The van der Waals surface area contributed by atoms with Crippen molar-refractivity contribution in [1.82, 2.24) is 15.8 Å². The van der Waals surface area contributed by atoms with Crippen LogP contribution in [0, 0.1) is 0 Å². The molecule has 0 spiro atoms. The summed E-state index contributed by atoms with van der Waals surface area (Å²) in [6.07, 6.45) is 1.69. The second-order valence-corrected chi connectivity index (χ2v) is 5.75. The normalized spacial score (nSPS) is 10.3. The summed E-state index contributed by atoms with van der Waals surface area (Å²) in [6, 6.07) is 9.28. The van der Waals surface area contributed by atoms with Crippen molar-refractivity contribution in [2.24, 2.45) is 0 Å². The molecule has 1 heterocycles. The van der Waals surface area contributed by atoms with E-state index in [1.165, 1.54) is 7.05 Å². The minimum absolute atomic E-state index is 0.284. The first kappa shape index (κ1) is 18.8. The van der Waals surface area contributed by atoms with Gasteiger partial charge < -0.3 is 19.9 Å². The van der Waals surface area contributed by atoms with Gasteiger partial charge in [-0.2, -0.15) is 0 Å². The van der Waals surface area contributed by atoms with Gasteiger partial charge in [-0.05, 0) is 25.0 Å². The van der Waals surface area contributed by atoms with E-state index in [0.717, 1.165) is 36.3 Å². The average Bonchev–Trinajstić information content (AvgIpc) is 3.08. The van der Waals surface area contributed by atoms with Crippen LogP contribution < -0.4 is 10.6 Å². The number of carbonyl (C=O) groups excluding carboxylic acids is 2. The number of nitrogens with one attached hydrogen (secondary N) is 2. The molecule has 2 N–H and O–H groups in total. The third-order valence-corrected chi connectivity index (χ3v) is 3.68. The van der Waals surface area contributed by atoms with Crippen LogP contribution in [-0.2, 0) is 16.0 Å². The molecular formula is C17H20ClN3O4. The number of likely N-dealkylation sites (N-methyl/N-ethyl adjacent to an activating group) is 1. The largest absolute Gasteiger partial charge is 0.439 e. The summed E-state index contributed by atoms with van der Waals surface area (Å²) < 4.78 is 10.0. The highest BCUT2D eigenvalue weighted by molar-refractivity contribution is 6.30. The molecule has 2 aromatic rings. The summed E-state index contributed by atoms with van der Waals surface area (Å²) in [5.41, 5.74) is 1.71. The monoisotopic (exact) mass is 365 g/mol. The topological polar surface area (TPSA) is 93.5 Å². The Hall–Kier alpha value is -2.54. The predicted octanol–water partition coefficient (Wildman–Crippen LogP) is 2.79. The number of alkyl carbamates (subject to hydrolysis) is 1. The Kier molecular flexibility index (Phi) is 7.28. The molecule has 7 nitrogen and oxygen atoms in total. The summed E-state index contributed by atoms with van der Waals surface area (Å²) in [4.78, 5) is 22.3. The number of carbonyl (C=O) groups is 2. The fourth-order valence-electron chi connectivity index (χ4n) is 2.06. The van der Waals surface area contributed by atoms with Crippen molar-refractivity contribution in [3.63, 3.8) is 0 Å². The molecule has 0 aliphatic heterocycles. The average molecular weight is 366 g/mol. The zero-order chi connectivity index (χ0) is 18.1. The highest BCUT2D eigenvalue weighted by atomic mass is 35.5. The van der Waals surface area contributed by atoms with Crippen molar-refractivity contribution < 1.29 is 18.8 Å². The number of nitrogens with zero attached hydrogens (tertiary/aromatic N) is 1. The molecule has 8 heteroatoms. The van der Waals surface area contributed by atoms with E-state index in [2.05, 4.69) is 15.8 Å². The molecule has 0 fully saturated rings. The van der Waals surface area contributed by atoms with E-state index in [9.17, 15) is 9.59 Å². The molecule has 0 bridgehead atoms. The van der Waals surface area contributed by atoms with Crippen molar-refractivity contribution in [1.29, 1.82) is 0 Å². The predicted molar refractivity (Wildman–Crippen MR) is 93.3 cm³/mol. The van der Waals surface area contributed by atoms with E-state index >= 15 is 0 Å². The summed E-state index contributed by atoms with van der Waals surface area (Å²) in [5.74, 6) is 0.434. The zero-order valence-corrected chi connectivity index (χ0v) is 14.6. The maximum absolute atomic E-state index is 11.3. The van der Waals surface area contributed by atoms with Crippen molar-refractivity contribution in [3.8, 4) is 11.3 Å². The lowest BCUT2D eigenvalue weighted by Gasteiger charge is -2.05. The molecule has 0 saturated heterocycles. The molecular weight excluding hydrogens is 346 g/mol. The van der Waals surface area contributed by atoms with Crippen molar-refractivity contribution in [2.45, 2.75) is 19.3 Å². The van der Waals surface area contributed by atoms with E-state index in [1.807, 2.05) is 18.2 Å². The van der Waals surface area contributed by atoms with Crippen LogP contribution in [-0.4, -0.2) is 37.4 Å². The van der Waals surface area contributed by atoms with Crippen LogP contribution >= 0.6 is 11.6 Å². The van der Waals surface area contributed by atoms with Crippen LogP contribution in [0.1, 0.15) is 18.6 Å². The Morgan fingerprint density at radius 2 is 2.00 bits per heavy atom. The van der Waals surface area contributed by atoms with E-state index in [0.29, 0.717) is 11.6 Å². The lowest BCUT2D eigenvalue weighted by atomic mass is 10.1. The lowest BCUT2D eigenvalue weighted by molar-refractivity contribution is -0.123. The maximum atomic E-state index is 11.3. The number of rotatable bonds is 8. The number of ether oxygens (including phenoxy) is 1. The van der Waals surface area contributed by atoms with Crippen LogP contribution in [0.15, 0.2) is 34.9 Å². The highest BCUT2D eigenvalue weighted by Crippen LogP contribution is 2.21. The van der Waals surface area contributed by atoms with Crippen LogP contribution in [0.4, 0.5) is 4.79 Å². The van der Waals surface area contributed by atoms with Crippen molar-refractivity contribution >= 4 is 23.6 Å². The SMILES string of the molecule is CNC(=O)COC(=O)NCCCCc1cc(-c2ccc(Cl)cc2)no1. The van der Waals surface area contributed by atoms with Gasteiger partial charge in [-0.15, -0.1) is 0 Å². The Balaban J connectivity index is 1.65. The van der Waals surface area contributed by atoms with Crippen molar-refractivity contribution in [2.75, 3.05) is 20.2 Å². The van der Waals surface area contributed by atoms with E-state index in [1.54, 1.807) is 12.1 Å². The Labute approximate surface area is 150 Å². The minimum atomic E-state index is -0.603. The summed E-state index contributed by atoms with van der Waals surface area (Å²) in [6.45, 7) is 0.179. The summed E-state index contributed by atoms with van der Waals surface area (Å²) in [7, 11) is 1.48. The second kappa shape index (κ2) is 9.68. The number of hydrogen-bond donors (Lipinski definition) is 2. The zero-order valence-electron chi connectivity index (χ0n) is 13.9. The third-order valence-electron chi connectivity index (χ3n) is 3.43. The molecule has 0 saturated carbocycles. The first-order chi connectivity index (χ1) is 12.1. The second-order valence-electron chi connectivity index (χ2n) is 5.32. The molecule has 1 aromatic carbocycles. The number of benzene rings is 1. The molecule has 0 atom stereocenters. The van der Waals surface area contributed by atoms with Gasteiger partial charge in [-0.3, -0.25) is 4.79 Å². The maximum Gasteiger partial charge on any atom is 0.407 e. The number of aryl methyl sites for hydroxylation is 1. The number of aromatic nitrogens is 1. The fourth-order valence-corrected chi connectivity index (χ4v) is 2.18. The summed E-state index contributed by atoms with van der Waals surface area (Å²) >= 11 is 5.86. The smallest absolute Gasteiger partial charge is 0.407 e. The quantitative estimate of drug-likeness (QED) is 0.701.